The van der Waals surface area contributed by atoms with Gasteiger partial charge in [-0.05, 0) is 19.8 Å². The summed E-state index contributed by atoms with van der Waals surface area (Å²) in [4.78, 5) is 4.09. The molecule has 2 rings (SSSR count). The van der Waals surface area contributed by atoms with Gasteiger partial charge >= 0.3 is 0 Å². The van der Waals surface area contributed by atoms with Crippen LogP contribution in [0.3, 0.4) is 0 Å². The molecule has 2 atom stereocenters. The number of hydrogen-bond acceptors (Lipinski definition) is 6. The lowest BCUT2D eigenvalue weighted by atomic mass is 10.2. The normalized spacial score (nSPS) is 25.3. The summed E-state index contributed by atoms with van der Waals surface area (Å²) in [6.45, 7) is 2.02. The molecule has 1 aliphatic heterocycles. The lowest BCUT2D eigenvalue weighted by Gasteiger charge is -2.11. The molecular weight excluding hydrogens is 246 g/mol. The predicted molar refractivity (Wildman–Crippen MR) is 58.7 cm³/mol. The van der Waals surface area contributed by atoms with E-state index in [1.54, 1.807) is 6.92 Å². The Morgan fingerprint density at radius 3 is 2.82 bits per heavy atom. The number of aryl methyl sites for hydroxylation is 1. The minimum Gasteiger partial charge on any atom is -0.364 e. The van der Waals surface area contributed by atoms with Crippen LogP contribution in [0, 0.1) is 6.92 Å². The molecule has 96 valence electrons. The molecule has 17 heavy (non-hydrogen) atoms. The van der Waals surface area contributed by atoms with Crippen molar-refractivity contribution in [2.24, 2.45) is 0 Å². The highest BCUT2D eigenvalue weighted by Crippen LogP contribution is 2.31. The molecule has 0 amide bonds. The molecule has 7 nitrogen and oxygen atoms in total. The summed E-state index contributed by atoms with van der Waals surface area (Å²) in [7, 11) is -3.17. The number of aromatic nitrogens is 2. The van der Waals surface area contributed by atoms with Crippen LogP contribution in [-0.4, -0.2) is 37.5 Å². The number of nitrogens with zero attached hydrogens (tertiary/aromatic N) is 2. The van der Waals surface area contributed by atoms with E-state index in [4.69, 9.17) is 9.26 Å². The van der Waals surface area contributed by atoms with Crippen LogP contribution in [0.15, 0.2) is 4.52 Å². The van der Waals surface area contributed by atoms with Crippen molar-refractivity contribution in [3.05, 3.63) is 11.7 Å². The van der Waals surface area contributed by atoms with Gasteiger partial charge in [0.25, 0.3) is 5.89 Å². The Morgan fingerprint density at radius 1 is 1.47 bits per heavy atom. The summed E-state index contributed by atoms with van der Waals surface area (Å²) in [5.41, 5.74) is 0. The van der Waals surface area contributed by atoms with E-state index < -0.39 is 10.0 Å². The highest BCUT2D eigenvalue weighted by molar-refractivity contribution is 7.88. The minimum atomic E-state index is -3.17. The zero-order valence-corrected chi connectivity index (χ0v) is 10.5. The second-order valence-corrected chi connectivity index (χ2v) is 5.96. The zero-order chi connectivity index (χ0) is 12.5. The van der Waals surface area contributed by atoms with Crippen molar-refractivity contribution in [2.75, 3.05) is 12.8 Å². The van der Waals surface area contributed by atoms with E-state index in [9.17, 15) is 8.42 Å². The van der Waals surface area contributed by atoms with Crippen molar-refractivity contribution in [1.82, 2.24) is 14.9 Å². The van der Waals surface area contributed by atoms with E-state index in [1.165, 1.54) is 0 Å². The third kappa shape index (κ3) is 3.48. The van der Waals surface area contributed by atoms with E-state index in [0.717, 1.165) is 19.1 Å². The van der Waals surface area contributed by atoms with E-state index in [-0.39, 0.29) is 18.8 Å². The van der Waals surface area contributed by atoms with Gasteiger partial charge < -0.3 is 9.26 Å². The highest BCUT2D eigenvalue weighted by atomic mass is 32.2. The maximum atomic E-state index is 10.9. The zero-order valence-electron chi connectivity index (χ0n) is 9.71. The van der Waals surface area contributed by atoms with Gasteiger partial charge in [0.1, 0.15) is 6.10 Å². The van der Waals surface area contributed by atoms with Crippen LogP contribution in [0.2, 0.25) is 0 Å². The fourth-order valence-corrected chi connectivity index (χ4v) is 2.21. The van der Waals surface area contributed by atoms with E-state index in [0.29, 0.717) is 11.7 Å². The first-order chi connectivity index (χ1) is 7.94. The van der Waals surface area contributed by atoms with Crippen molar-refractivity contribution < 1.29 is 17.7 Å². The molecule has 0 radical (unpaired) electrons. The molecule has 0 aromatic carbocycles. The van der Waals surface area contributed by atoms with Gasteiger partial charge in [-0.2, -0.15) is 4.98 Å². The molecule has 1 fully saturated rings. The van der Waals surface area contributed by atoms with Crippen LogP contribution in [0.1, 0.15) is 30.7 Å². The Morgan fingerprint density at radius 2 is 2.24 bits per heavy atom. The molecule has 2 heterocycles. The van der Waals surface area contributed by atoms with Gasteiger partial charge in [-0.3, -0.25) is 0 Å². The first kappa shape index (κ1) is 12.5. The van der Waals surface area contributed by atoms with Gasteiger partial charge in [0.15, 0.2) is 5.82 Å². The van der Waals surface area contributed by atoms with Crippen molar-refractivity contribution in [2.45, 2.75) is 32.0 Å². The first-order valence-electron chi connectivity index (χ1n) is 5.34. The SMILES string of the molecule is Cc1noc([C@H]2CC[C@@H](CNS(C)(=O)=O)O2)n1. The molecule has 1 N–H and O–H groups in total. The average Bonchev–Trinajstić information content (AvgIpc) is 2.81. The highest BCUT2D eigenvalue weighted by Gasteiger charge is 2.30. The van der Waals surface area contributed by atoms with Crippen molar-refractivity contribution in [1.29, 1.82) is 0 Å². The topological polar surface area (TPSA) is 94.3 Å². The summed E-state index contributed by atoms with van der Waals surface area (Å²) in [5.74, 6) is 1.03. The fourth-order valence-electron chi connectivity index (χ4n) is 1.73. The van der Waals surface area contributed by atoms with Crippen molar-refractivity contribution >= 4 is 10.0 Å². The van der Waals surface area contributed by atoms with Crippen LogP contribution < -0.4 is 4.72 Å². The number of sulfonamides is 1. The van der Waals surface area contributed by atoms with Crippen LogP contribution >= 0.6 is 0 Å². The fraction of sp³-hybridized carbons (Fsp3) is 0.778. The molecule has 0 unspecified atom stereocenters. The maximum Gasteiger partial charge on any atom is 0.255 e. The lowest BCUT2D eigenvalue weighted by Crippen LogP contribution is -2.30. The Kier molecular flexibility index (Phi) is 3.45. The smallest absolute Gasteiger partial charge is 0.255 e. The number of ether oxygens (including phenoxy) is 1. The van der Waals surface area contributed by atoms with Gasteiger partial charge in [-0.15, -0.1) is 0 Å². The molecule has 1 saturated heterocycles. The van der Waals surface area contributed by atoms with Crippen LogP contribution in [0.4, 0.5) is 0 Å². The summed E-state index contributed by atoms with van der Waals surface area (Å²) in [6.07, 6.45) is 2.30. The van der Waals surface area contributed by atoms with Crippen LogP contribution in [0.25, 0.3) is 0 Å². The molecule has 1 aromatic heterocycles. The van der Waals surface area contributed by atoms with Gasteiger partial charge in [-0.25, -0.2) is 13.1 Å². The van der Waals surface area contributed by atoms with Gasteiger partial charge in [0, 0.05) is 6.54 Å². The third-order valence-corrected chi connectivity index (χ3v) is 3.19. The van der Waals surface area contributed by atoms with E-state index in [2.05, 4.69) is 14.9 Å². The van der Waals surface area contributed by atoms with E-state index in [1.807, 2.05) is 0 Å². The molecular formula is C9H15N3O4S. The van der Waals surface area contributed by atoms with Crippen molar-refractivity contribution in [3.8, 4) is 0 Å². The lowest BCUT2D eigenvalue weighted by molar-refractivity contribution is 0.0290. The monoisotopic (exact) mass is 261 g/mol. The number of rotatable bonds is 4. The molecule has 0 spiro atoms. The molecule has 8 heteroatoms. The standard InChI is InChI=1S/C9H15N3O4S/c1-6-11-9(16-12-6)8-4-3-7(15-8)5-10-17(2,13)14/h7-8,10H,3-5H2,1-2H3/t7-,8+/m0/s1. The Bertz CT molecular complexity index is 484. The Balaban J connectivity index is 1.87. The molecule has 0 saturated carbocycles. The summed E-state index contributed by atoms with van der Waals surface area (Å²) >= 11 is 0. The van der Waals surface area contributed by atoms with E-state index >= 15 is 0 Å². The maximum absolute atomic E-state index is 10.9. The summed E-state index contributed by atoms with van der Waals surface area (Å²) < 4.78 is 34.9. The Labute approximate surface area is 99.6 Å². The van der Waals surface area contributed by atoms with Crippen LogP contribution in [-0.2, 0) is 14.8 Å². The number of nitrogens with one attached hydrogen (secondary N) is 1. The summed E-state index contributed by atoms with van der Waals surface area (Å²) in [6, 6.07) is 0. The summed E-state index contributed by atoms with van der Waals surface area (Å²) in [5, 5.41) is 3.69. The molecule has 1 aliphatic rings. The van der Waals surface area contributed by atoms with Crippen LogP contribution in [0.5, 0.6) is 0 Å². The first-order valence-corrected chi connectivity index (χ1v) is 7.23. The second-order valence-electron chi connectivity index (χ2n) is 4.12. The third-order valence-electron chi connectivity index (χ3n) is 2.50. The molecule has 1 aromatic rings. The van der Waals surface area contributed by atoms with Gasteiger partial charge in [-0.1, -0.05) is 5.16 Å². The average molecular weight is 261 g/mol. The Hall–Kier alpha value is -0.990. The predicted octanol–water partition coefficient (Wildman–Crippen LogP) is 0.147. The minimum absolute atomic E-state index is 0.137. The molecule has 0 aliphatic carbocycles. The van der Waals surface area contributed by atoms with Gasteiger partial charge in [0.05, 0.1) is 12.4 Å². The number of hydrogen-bond donors (Lipinski definition) is 1. The second kappa shape index (κ2) is 4.71. The quantitative estimate of drug-likeness (QED) is 0.829. The van der Waals surface area contributed by atoms with Crippen molar-refractivity contribution in [3.63, 3.8) is 0 Å². The van der Waals surface area contributed by atoms with Gasteiger partial charge in [0.2, 0.25) is 10.0 Å². The molecule has 0 bridgehead atoms. The largest absolute Gasteiger partial charge is 0.364 e.